The van der Waals surface area contributed by atoms with Crippen LogP contribution in [-0.2, 0) is 27.3 Å². The first-order valence-electron chi connectivity index (χ1n) is 16.0. The van der Waals surface area contributed by atoms with Crippen LogP contribution in [0.3, 0.4) is 0 Å². The number of ether oxygens (including phenoxy) is 1. The van der Waals surface area contributed by atoms with E-state index in [0.717, 1.165) is 40.9 Å². The van der Waals surface area contributed by atoms with Gasteiger partial charge in [0.15, 0.2) is 8.32 Å². The molecule has 1 saturated heterocycles. The number of hydrazone groups is 1. The average Bonchev–Trinajstić information content (AvgIpc) is 3.36. The zero-order chi connectivity index (χ0) is 32.0. The molecule has 45 heavy (non-hydrogen) atoms. The molecule has 2 heterocycles. The predicted molar refractivity (Wildman–Crippen MR) is 179 cm³/mol. The molecule has 0 saturated carbocycles. The monoisotopic (exact) mass is 627 g/mol. The lowest BCUT2D eigenvalue weighted by molar-refractivity contribution is -0.135. The molecule has 0 aromatic heterocycles. The molecule has 3 aromatic rings. The number of anilines is 1. The van der Waals surface area contributed by atoms with Crippen LogP contribution in [0.15, 0.2) is 90.0 Å². The summed E-state index contributed by atoms with van der Waals surface area (Å²) in [6.45, 7) is 6.56. The van der Waals surface area contributed by atoms with Crippen molar-refractivity contribution >= 4 is 31.5 Å². The van der Waals surface area contributed by atoms with E-state index in [1.165, 1.54) is 5.01 Å². The van der Waals surface area contributed by atoms with Crippen molar-refractivity contribution in [1.82, 2.24) is 4.90 Å². The number of nitrogens with zero attached hydrogens (tertiary/aromatic N) is 3. The Balaban J connectivity index is 1.23. The largest absolute Gasteiger partial charge is 0.432 e. The highest BCUT2D eigenvalue weighted by Gasteiger charge is 2.50. The van der Waals surface area contributed by atoms with E-state index in [1.807, 2.05) is 98.0 Å². The lowest BCUT2D eigenvalue weighted by Gasteiger charge is -2.31. The summed E-state index contributed by atoms with van der Waals surface area (Å²) in [5.74, 6) is 0.0140. The molecule has 5 rings (SSSR count). The summed E-state index contributed by atoms with van der Waals surface area (Å²) in [6.07, 6.45) is 2.30. The average molecular weight is 628 g/mol. The van der Waals surface area contributed by atoms with Gasteiger partial charge in [0, 0.05) is 31.5 Å². The maximum Gasteiger partial charge on any atom is 0.247 e. The highest BCUT2D eigenvalue weighted by atomic mass is 28.4. The molecule has 0 aliphatic carbocycles. The fourth-order valence-electron chi connectivity index (χ4n) is 6.83. The molecule has 0 radical (unpaired) electrons. The van der Waals surface area contributed by atoms with Crippen LogP contribution in [0.4, 0.5) is 5.69 Å². The minimum atomic E-state index is -2.65. The Morgan fingerprint density at radius 1 is 0.956 bits per heavy atom. The summed E-state index contributed by atoms with van der Waals surface area (Å²) in [7, 11) is -2.65. The predicted octanol–water partition coefficient (Wildman–Crippen LogP) is 5.53. The van der Waals surface area contributed by atoms with Gasteiger partial charge in [-0.2, -0.15) is 5.10 Å². The van der Waals surface area contributed by atoms with Gasteiger partial charge in [-0.3, -0.25) is 9.59 Å². The van der Waals surface area contributed by atoms with Crippen LogP contribution in [0.1, 0.15) is 49.3 Å². The SMILES string of the molecule is C[C@H]1[C@H]([Si](C)(C)O)[C@@H](CC(=O)N(CCO)Cc2ccccc2)O[C@H]1CCc1ccc(N2N=C(c3ccccc3)CCC2=O)cc1. The summed E-state index contributed by atoms with van der Waals surface area (Å²) in [5.41, 5.74) is 4.73. The van der Waals surface area contributed by atoms with Crippen LogP contribution in [0, 0.1) is 5.92 Å². The third-order valence-corrected chi connectivity index (χ3v) is 11.6. The number of aliphatic hydroxyl groups is 1. The highest BCUT2D eigenvalue weighted by molar-refractivity contribution is 6.71. The second-order valence-electron chi connectivity index (χ2n) is 12.8. The fourth-order valence-corrected chi connectivity index (χ4v) is 9.44. The van der Waals surface area contributed by atoms with Gasteiger partial charge >= 0.3 is 0 Å². The van der Waals surface area contributed by atoms with Crippen molar-refractivity contribution in [3.8, 4) is 0 Å². The summed E-state index contributed by atoms with van der Waals surface area (Å²) >= 11 is 0. The van der Waals surface area contributed by atoms with Gasteiger partial charge < -0.3 is 19.5 Å². The topological polar surface area (TPSA) is 103 Å². The van der Waals surface area contributed by atoms with Crippen LogP contribution in [0.5, 0.6) is 0 Å². The number of hydrogen-bond acceptors (Lipinski definition) is 6. The van der Waals surface area contributed by atoms with Crippen molar-refractivity contribution in [3.05, 3.63) is 102 Å². The van der Waals surface area contributed by atoms with Crippen molar-refractivity contribution in [2.75, 3.05) is 18.2 Å². The Bertz CT molecular complexity index is 1460. The van der Waals surface area contributed by atoms with Crippen molar-refractivity contribution < 1.29 is 24.2 Å². The van der Waals surface area contributed by atoms with Crippen molar-refractivity contribution in [2.24, 2.45) is 11.0 Å². The molecule has 1 fully saturated rings. The van der Waals surface area contributed by atoms with Crippen LogP contribution >= 0.6 is 0 Å². The Hall–Kier alpha value is -3.63. The molecule has 0 bridgehead atoms. The number of carbonyl (C=O) groups excluding carboxylic acids is 2. The Morgan fingerprint density at radius 3 is 2.27 bits per heavy atom. The molecule has 2 aliphatic rings. The van der Waals surface area contributed by atoms with Gasteiger partial charge in [-0.25, -0.2) is 5.01 Å². The number of benzene rings is 3. The minimum absolute atomic E-state index is 0.0145. The third kappa shape index (κ3) is 8.15. The summed E-state index contributed by atoms with van der Waals surface area (Å²) < 4.78 is 6.56. The number of aliphatic hydroxyl groups excluding tert-OH is 1. The molecule has 3 aromatic carbocycles. The van der Waals surface area contributed by atoms with Crippen LogP contribution in [0.25, 0.3) is 0 Å². The highest BCUT2D eigenvalue weighted by Crippen LogP contribution is 2.45. The number of rotatable bonds is 12. The molecule has 4 atom stereocenters. The summed E-state index contributed by atoms with van der Waals surface area (Å²) in [4.78, 5) is 39.2. The molecular formula is C36H45N3O5Si. The van der Waals surface area contributed by atoms with Gasteiger partial charge in [0.05, 0.1) is 36.6 Å². The first-order chi connectivity index (χ1) is 21.6. The summed E-state index contributed by atoms with van der Waals surface area (Å²) in [5, 5.41) is 15.8. The van der Waals surface area contributed by atoms with Crippen LogP contribution < -0.4 is 5.01 Å². The smallest absolute Gasteiger partial charge is 0.247 e. The first-order valence-corrected chi connectivity index (χ1v) is 19.0. The van der Waals surface area contributed by atoms with Gasteiger partial charge in [-0.1, -0.05) is 79.7 Å². The molecule has 2 amide bonds. The van der Waals surface area contributed by atoms with Crippen molar-refractivity contribution in [2.45, 2.75) is 76.4 Å². The zero-order valence-corrected chi connectivity index (χ0v) is 27.5. The number of hydrogen-bond donors (Lipinski definition) is 2. The molecule has 2 N–H and O–H groups in total. The van der Waals surface area contributed by atoms with E-state index in [1.54, 1.807) is 4.90 Å². The molecule has 0 spiro atoms. The van der Waals surface area contributed by atoms with Gasteiger partial charge in [-0.05, 0) is 60.7 Å². The normalized spacial score (nSPS) is 21.9. The second kappa shape index (κ2) is 14.6. The molecule has 0 unspecified atom stereocenters. The number of carbonyl (C=O) groups is 2. The van der Waals surface area contributed by atoms with E-state index in [0.29, 0.717) is 19.4 Å². The van der Waals surface area contributed by atoms with E-state index < -0.39 is 8.32 Å². The second-order valence-corrected chi connectivity index (χ2v) is 16.8. The van der Waals surface area contributed by atoms with E-state index in [9.17, 15) is 19.5 Å². The van der Waals surface area contributed by atoms with Crippen molar-refractivity contribution in [3.63, 3.8) is 0 Å². The van der Waals surface area contributed by atoms with Gasteiger partial charge in [-0.15, -0.1) is 0 Å². The lowest BCUT2D eigenvalue weighted by atomic mass is 9.95. The van der Waals surface area contributed by atoms with E-state index >= 15 is 0 Å². The maximum absolute atomic E-state index is 13.5. The Morgan fingerprint density at radius 2 is 1.62 bits per heavy atom. The molecule has 2 aliphatic heterocycles. The number of amides is 2. The van der Waals surface area contributed by atoms with E-state index in [-0.39, 0.29) is 55.1 Å². The van der Waals surface area contributed by atoms with E-state index in [2.05, 4.69) is 12.0 Å². The molecule has 9 heteroatoms. The standard InChI is InChI=1S/C36H45N3O5Si/c1-26-32(44-33(36(26)45(2,3)43)24-35(42)38(22-23-40)25-28-10-6-4-7-11-28)20-16-27-14-17-30(18-15-27)39-34(41)21-19-31(37-39)29-12-8-5-9-13-29/h4-15,17-18,26,32-33,36,40,43H,16,19-25H2,1-3H3/t26-,32+,33-,36+/m1/s1. The van der Waals surface area contributed by atoms with Crippen LogP contribution in [0.2, 0.25) is 18.6 Å². The molecule has 238 valence electrons. The van der Waals surface area contributed by atoms with Gasteiger partial charge in [0.2, 0.25) is 11.8 Å². The lowest BCUT2D eigenvalue weighted by Crippen LogP contribution is -2.42. The number of aryl methyl sites for hydroxylation is 1. The molecule has 8 nitrogen and oxygen atoms in total. The third-order valence-electron chi connectivity index (χ3n) is 9.07. The Labute approximate surface area is 267 Å². The Kier molecular flexibility index (Phi) is 10.7. The van der Waals surface area contributed by atoms with Crippen LogP contribution in [-0.4, -0.2) is 66.0 Å². The maximum atomic E-state index is 13.5. The quantitative estimate of drug-likeness (QED) is 0.257. The van der Waals surface area contributed by atoms with Gasteiger partial charge in [0.1, 0.15) is 0 Å². The summed E-state index contributed by atoms with van der Waals surface area (Å²) in [6, 6.07) is 27.7. The fraction of sp³-hybridized carbons (Fsp3) is 0.417. The van der Waals surface area contributed by atoms with Gasteiger partial charge in [0.25, 0.3) is 0 Å². The minimum Gasteiger partial charge on any atom is -0.432 e. The van der Waals surface area contributed by atoms with Crippen molar-refractivity contribution in [1.29, 1.82) is 0 Å². The first kappa shape index (κ1) is 32.8. The zero-order valence-electron chi connectivity index (χ0n) is 26.5. The van der Waals surface area contributed by atoms with E-state index in [4.69, 9.17) is 4.74 Å². The molecular weight excluding hydrogens is 582 g/mol.